The summed E-state index contributed by atoms with van der Waals surface area (Å²) in [4.78, 5) is 1.90. The van der Waals surface area contributed by atoms with Crippen molar-refractivity contribution in [3.63, 3.8) is 0 Å². The summed E-state index contributed by atoms with van der Waals surface area (Å²) < 4.78 is 18.3. The van der Waals surface area contributed by atoms with Crippen LogP contribution in [0.2, 0.25) is 0 Å². The van der Waals surface area contributed by atoms with E-state index in [9.17, 15) is 9.50 Å². The van der Waals surface area contributed by atoms with Crippen molar-refractivity contribution in [1.29, 1.82) is 0 Å². The number of benzene rings is 1. The monoisotopic (exact) mass is 251 g/mol. The molecule has 0 fully saturated rings. The number of hydrogen-bond donors (Lipinski definition) is 2. The zero-order chi connectivity index (χ0) is 13.3. The average molecular weight is 251 g/mol. The largest absolute Gasteiger partial charge is 0.504 e. The third kappa shape index (κ3) is 2.43. The first-order valence-corrected chi connectivity index (χ1v) is 5.36. The van der Waals surface area contributed by atoms with Crippen LogP contribution in [0.3, 0.4) is 0 Å². The topological polar surface area (TPSA) is 75.5 Å². The Balaban J connectivity index is 2.48. The SMILES string of the molecule is CN(C)Cc1cc(F)c(O)c(-c2cc(N)on2)c1. The van der Waals surface area contributed by atoms with Crippen molar-refractivity contribution < 1.29 is 14.0 Å². The molecule has 1 aromatic carbocycles. The molecule has 0 spiro atoms. The molecular weight excluding hydrogens is 237 g/mol. The second kappa shape index (κ2) is 4.66. The van der Waals surface area contributed by atoms with Gasteiger partial charge in [0.1, 0.15) is 5.69 Å². The first-order chi connectivity index (χ1) is 8.47. The lowest BCUT2D eigenvalue weighted by atomic mass is 10.1. The number of aromatic nitrogens is 1. The van der Waals surface area contributed by atoms with Gasteiger partial charge in [0.2, 0.25) is 5.88 Å². The molecule has 96 valence electrons. The van der Waals surface area contributed by atoms with E-state index in [0.29, 0.717) is 12.2 Å². The van der Waals surface area contributed by atoms with Crippen molar-refractivity contribution >= 4 is 5.88 Å². The number of phenols is 1. The highest BCUT2D eigenvalue weighted by atomic mass is 19.1. The average Bonchev–Trinajstić information content (AvgIpc) is 2.69. The highest BCUT2D eigenvalue weighted by Gasteiger charge is 2.15. The van der Waals surface area contributed by atoms with E-state index in [1.165, 1.54) is 12.1 Å². The zero-order valence-electron chi connectivity index (χ0n) is 10.1. The Morgan fingerprint density at radius 3 is 2.67 bits per heavy atom. The van der Waals surface area contributed by atoms with Gasteiger partial charge in [-0.05, 0) is 31.8 Å². The quantitative estimate of drug-likeness (QED) is 0.870. The smallest absolute Gasteiger partial charge is 0.222 e. The lowest BCUT2D eigenvalue weighted by Gasteiger charge is -2.11. The first kappa shape index (κ1) is 12.4. The van der Waals surface area contributed by atoms with Crippen molar-refractivity contribution in [2.45, 2.75) is 6.54 Å². The van der Waals surface area contributed by atoms with Crippen LogP contribution in [0.5, 0.6) is 5.75 Å². The van der Waals surface area contributed by atoms with Gasteiger partial charge in [0.15, 0.2) is 11.6 Å². The summed E-state index contributed by atoms with van der Waals surface area (Å²) in [6.45, 7) is 0.553. The molecule has 0 radical (unpaired) electrons. The maximum Gasteiger partial charge on any atom is 0.222 e. The van der Waals surface area contributed by atoms with Crippen LogP contribution < -0.4 is 5.73 Å². The molecule has 0 atom stereocenters. The molecule has 2 rings (SSSR count). The van der Waals surface area contributed by atoms with Gasteiger partial charge >= 0.3 is 0 Å². The van der Waals surface area contributed by atoms with Crippen molar-refractivity contribution in [3.05, 3.63) is 29.6 Å². The van der Waals surface area contributed by atoms with E-state index in [4.69, 9.17) is 10.3 Å². The fraction of sp³-hybridized carbons (Fsp3) is 0.250. The van der Waals surface area contributed by atoms with Gasteiger partial charge in [-0.25, -0.2) is 4.39 Å². The van der Waals surface area contributed by atoms with E-state index in [0.717, 1.165) is 5.56 Å². The number of nitrogen functional groups attached to an aromatic ring is 1. The Morgan fingerprint density at radius 1 is 1.39 bits per heavy atom. The Bertz CT molecular complexity index is 566. The van der Waals surface area contributed by atoms with Gasteiger partial charge in [0.25, 0.3) is 0 Å². The summed E-state index contributed by atoms with van der Waals surface area (Å²) in [5.41, 5.74) is 6.72. The van der Waals surface area contributed by atoms with Crippen LogP contribution in [0.1, 0.15) is 5.56 Å². The molecule has 0 saturated heterocycles. The molecule has 18 heavy (non-hydrogen) atoms. The van der Waals surface area contributed by atoms with Crippen molar-refractivity contribution in [1.82, 2.24) is 10.1 Å². The normalized spacial score (nSPS) is 11.1. The van der Waals surface area contributed by atoms with E-state index in [1.807, 2.05) is 19.0 Å². The Morgan fingerprint density at radius 2 is 2.11 bits per heavy atom. The summed E-state index contributed by atoms with van der Waals surface area (Å²) in [5, 5.41) is 13.4. The molecule has 0 aliphatic rings. The number of aromatic hydroxyl groups is 1. The maximum absolute atomic E-state index is 13.6. The Hall–Kier alpha value is -2.08. The minimum atomic E-state index is -0.689. The van der Waals surface area contributed by atoms with Crippen LogP contribution in [-0.2, 0) is 6.54 Å². The molecule has 0 bridgehead atoms. The molecule has 1 aromatic heterocycles. The Kier molecular flexibility index (Phi) is 3.20. The van der Waals surface area contributed by atoms with Gasteiger partial charge in [0, 0.05) is 18.2 Å². The minimum Gasteiger partial charge on any atom is -0.504 e. The van der Waals surface area contributed by atoms with Crippen molar-refractivity contribution in [2.75, 3.05) is 19.8 Å². The highest BCUT2D eigenvalue weighted by molar-refractivity contribution is 5.69. The van der Waals surface area contributed by atoms with E-state index < -0.39 is 11.6 Å². The predicted octanol–water partition coefficient (Wildman–Crippen LogP) is 1.83. The van der Waals surface area contributed by atoms with Gasteiger partial charge in [-0.2, -0.15) is 0 Å². The standard InChI is InChI=1S/C12H14FN3O2/c1-16(2)6-7-3-8(12(17)9(13)4-7)10-5-11(14)18-15-10/h3-5,17H,6,14H2,1-2H3. The van der Waals surface area contributed by atoms with E-state index >= 15 is 0 Å². The van der Waals surface area contributed by atoms with E-state index in [-0.39, 0.29) is 11.4 Å². The molecular formula is C12H14FN3O2. The van der Waals surface area contributed by atoms with Gasteiger partial charge in [-0.3, -0.25) is 0 Å². The molecule has 6 heteroatoms. The van der Waals surface area contributed by atoms with Gasteiger partial charge in [-0.15, -0.1) is 0 Å². The Labute approximate surface area is 104 Å². The number of nitrogens with zero attached hydrogens (tertiary/aromatic N) is 2. The number of nitrogens with two attached hydrogens (primary N) is 1. The van der Waals surface area contributed by atoms with Gasteiger partial charge < -0.3 is 20.3 Å². The number of hydrogen-bond acceptors (Lipinski definition) is 5. The predicted molar refractivity (Wildman–Crippen MR) is 65.4 cm³/mol. The summed E-state index contributed by atoms with van der Waals surface area (Å²) in [6.07, 6.45) is 0. The third-order valence-corrected chi connectivity index (χ3v) is 2.43. The first-order valence-electron chi connectivity index (χ1n) is 5.36. The van der Waals surface area contributed by atoms with Crippen molar-refractivity contribution in [2.24, 2.45) is 0 Å². The summed E-state index contributed by atoms with van der Waals surface area (Å²) in [7, 11) is 3.75. The van der Waals surface area contributed by atoms with Crippen LogP contribution in [-0.4, -0.2) is 29.3 Å². The summed E-state index contributed by atoms with van der Waals surface area (Å²) in [5.74, 6) is -1.03. The fourth-order valence-corrected chi connectivity index (χ4v) is 1.72. The summed E-state index contributed by atoms with van der Waals surface area (Å²) >= 11 is 0. The molecule has 0 saturated carbocycles. The molecule has 0 aliphatic carbocycles. The molecule has 3 N–H and O–H groups in total. The molecule has 2 aromatic rings. The van der Waals surface area contributed by atoms with Crippen LogP contribution in [0, 0.1) is 5.82 Å². The molecule has 0 aliphatic heterocycles. The lowest BCUT2D eigenvalue weighted by Crippen LogP contribution is -2.10. The molecule has 1 heterocycles. The second-order valence-electron chi connectivity index (χ2n) is 4.33. The number of halogens is 1. The van der Waals surface area contributed by atoms with Crippen LogP contribution in [0.15, 0.2) is 22.7 Å². The highest BCUT2D eigenvalue weighted by Crippen LogP contribution is 2.33. The second-order valence-corrected chi connectivity index (χ2v) is 4.33. The van der Waals surface area contributed by atoms with Crippen molar-refractivity contribution in [3.8, 4) is 17.0 Å². The molecule has 0 amide bonds. The third-order valence-electron chi connectivity index (χ3n) is 2.43. The van der Waals surface area contributed by atoms with Crippen LogP contribution in [0.25, 0.3) is 11.3 Å². The zero-order valence-corrected chi connectivity index (χ0v) is 10.1. The van der Waals surface area contributed by atoms with E-state index in [1.54, 1.807) is 6.07 Å². The fourth-order valence-electron chi connectivity index (χ4n) is 1.72. The van der Waals surface area contributed by atoms with Crippen LogP contribution in [0.4, 0.5) is 10.3 Å². The number of phenolic OH excluding ortho intramolecular Hbond substituents is 1. The van der Waals surface area contributed by atoms with Gasteiger partial charge in [-0.1, -0.05) is 5.16 Å². The molecule has 5 nitrogen and oxygen atoms in total. The lowest BCUT2D eigenvalue weighted by molar-refractivity contribution is 0.397. The molecule has 0 unspecified atom stereocenters. The van der Waals surface area contributed by atoms with E-state index in [2.05, 4.69) is 5.16 Å². The van der Waals surface area contributed by atoms with Gasteiger partial charge in [0.05, 0.1) is 0 Å². The number of rotatable bonds is 3. The summed E-state index contributed by atoms with van der Waals surface area (Å²) in [6, 6.07) is 4.39. The number of anilines is 1. The maximum atomic E-state index is 13.6. The van der Waals surface area contributed by atoms with Crippen LogP contribution >= 0.6 is 0 Å². The minimum absolute atomic E-state index is 0.114.